The Morgan fingerprint density at radius 2 is 2.12 bits per heavy atom. The van der Waals surface area contributed by atoms with Crippen molar-refractivity contribution in [1.29, 1.82) is 0 Å². The quantitative estimate of drug-likeness (QED) is 0.595. The number of aromatic amines is 1. The minimum atomic E-state index is -1.19. The maximum atomic E-state index is 13.7. The van der Waals surface area contributed by atoms with Crippen LogP contribution in [0.25, 0.3) is 0 Å². The van der Waals surface area contributed by atoms with Crippen molar-refractivity contribution in [3.8, 4) is 0 Å². The van der Waals surface area contributed by atoms with Gasteiger partial charge in [-0.1, -0.05) is 22.4 Å². The van der Waals surface area contributed by atoms with Crippen molar-refractivity contribution in [3.05, 3.63) is 61.0 Å². The second kappa shape index (κ2) is 7.18. The summed E-state index contributed by atoms with van der Waals surface area (Å²) < 4.78 is 13.5. The Morgan fingerprint density at radius 3 is 2.75 bits per heavy atom. The Hall–Kier alpha value is -2.81. The molecule has 0 unspecified atom stereocenters. The SMILES string of the molecule is CCNc1[nH]c(=O)n(O)c(=O)c1C(=O)NCc1ccc(Cl)cc1F. The van der Waals surface area contributed by atoms with Crippen LogP contribution in [-0.2, 0) is 6.54 Å². The van der Waals surface area contributed by atoms with Crippen molar-refractivity contribution < 1.29 is 14.4 Å². The molecule has 10 heteroatoms. The minimum Gasteiger partial charge on any atom is -0.421 e. The lowest BCUT2D eigenvalue weighted by molar-refractivity contribution is 0.0939. The summed E-state index contributed by atoms with van der Waals surface area (Å²) in [5.74, 6) is -1.63. The topological polar surface area (TPSA) is 116 Å². The zero-order chi connectivity index (χ0) is 17.9. The third kappa shape index (κ3) is 3.57. The van der Waals surface area contributed by atoms with Crippen molar-refractivity contribution >= 4 is 23.3 Å². The molecule has 0 aliphatic carbocycles. The van der Waals surface area contributed by atoms with Crippen LogP contribution in [0.2, 0.25) is 5.02 Å². The molecule has 0 fully saturated rings. The molecule has 1 heterocycles. The molecule has 1 amide bonds. The van der Waals surface area contributed by atoms with Gasteiger partial charge in [0.2, 0.25) is 0 Å². The molecule has 128 valence electrons. The van der Waals surface area contributed by atoms with Gasteiger partial charge in [0.15, 0.2) is 0 Å². The number of anilines is 1. The molecule has 2 rings (SSSR count). The van der Waals surface area contributed by atoms with Crippen molar-refractivity contribution in [2.24, 2.45) is 0 Å². The molecule has 1 aromatic carbocycles. The maximum Gasteiger partial charge on any atom is 0.363 e. The molecule has 0 saturated heterocycles. The van der Waals surface area contributed by atoms with Crippen LogP contribution in [0.4, 0.5) is 10.2 Å². The molecule has 0 bridgehead atoms. The number of rotatable bonds is 5. The third-order valence-corrected chi connectivity index (χ3v) is 3.35. The average Bonchev–Trinajstić information content (AvgIpc) is 2.52. The molecule has 2 aromatic rings. The van der Waals surface area contributed by atoms with Gasteiger partial charge in [-0.2, -0.15) is 0 Å². The third-order valence-electron chi connectivity index (χ3n) is 3.12. The van der Waals surface area contributed by atoms with E-state index in [9.17, 15) is 24.0 Å². The molecular formula is C14H14ClFN4O4. The van der Waals surface area contributed by atoms with E-state index in [-0.39, 0.29) is 27.7 Å². The number of carbonyl (C=O) groups excluding carboxylic acids is 1. The second-order valence-corrected chi connectivity index (χ2v) is 5.18. The fourth-order valence-corrected chi connectivity index (χ4v) is 2.14. The summed E-state index contributed by atoms with van der Waals surface area (Å²) in [7, 11) is 0. The standard InChI is InChI=1S/C14H14ClFN4O4/c1-2-17-11-10(13(22)20(24)14(23)19-11)12(21)18-6-7-3-4-8(15)5-9(7)16/h3-5,17,24H,2,6H2,1H3,(H,18,21)(H,19,23). The number of carbonyl (C=O) groups is 1. The van der Waals surface area contributed by atoms with Crippen LogP contribution in [0.1, 0.15) is 22.8 Å². The number of H-pyrrole nitrogens is 1. The fourth-order valence-electron chi connectivity index (χ4n) is 1.98. The van der Waals surface area contributed by atoms with Gasteiger partial charge in [0, 0.05) is 23.7 Å². The van der Waals surface area contributed by atoms with Crippen LogP contribution < -0.4 is 21.9 Å². The fraction of sp³-hybridized carbons (Fsp3) is 0.214. The van der Waals surface area contributed by atoms with Crippen molar-refractivity contribution in [1.82, 2.24) is 15.0 Å². The van der Waals surface area contributed by atoms with E-state index in [1.165, 1.54) is 12.1 Å². The van der Waals surface area contributed by atoms with E-state index in [1.807, 2.05) is 0 Å². The van der Waals surface area contributed by atoms with Gasteiger partial charge in [0.05, 0.1) is 0 Å². The summed E-state index contributed by atoms with van der Waals surface area (Å²) in [4.78, 5) is 37.7. The molecule has 8 nitrogen and oxygen atoms in total. The van der Waals surface area contributed by atoms with Crippen LogP contribution in [0.5, 0.6) is 0 Å². The first-order valence-electron chi connectivity index (χ1n) is 6.89. The molecule has 0 aliphatic heterocycles. The van der Waals surface area contributed by atoms with E-state index in [0.29, 0.717) is 6.54 Å². The van der Waals surface area contributed by atoms with Crippen LogP contribution >= 0.6 is 11.6 Å². The minimum absolute atomic E-state index is 0.133. The number of nitrogens with one attached hydrogen (secondary N) is 3. The smallest absolute Gasteiger partial charge is 0.363 e. The largest absolute Gasteiger partial charge is 0.421 e. The summed E-state index contributed by atoms with van der Waals surface area (Å²) in [5.41, 5.74) is -2.61. The summed E-state index contributed by atoms with van der Waals surface area (Å²) in [6.07, 6.45) is 0. The van der Waals surface area contributed by atoms with Gasteiger partial charge in [-0.15, -0.1) is 0 Å². The molecule has 4 N–H and O–H groups in total. The summed E-state index contributed by atoms with van der Waals surface area (Å²) in [6.45, 7) is 1.79. The van der Waals surface area contributed by atoms with Crippen molar-refractivity contribution in [2.45, 2.75) is 13.5 Å². The zero-order valence-corrected chi connectivity index (χ0v) is 13.3. The van der Waals surface area contributed by atoms with Crippen LogP contribution in [0.3, 0.4) is 0 Å². The first-order valence-corrected chi connectivity index (χ1v) is 7.27. The molecule has 0 saturated carbocycles. The first kappa shape index (κ1) is 17.5. The lowest BCUT2D eigenvalue weighted by atomic mass is 10.2. The van der Waals surface area contributed by atoms with Crippen LogP contribution in [-0.4, -0.2) is 27.4 Å². The molecule has 0 aliphatic rings. The summed E-state index contributed by atoms with van der Waals surface area (Å²) >= 11 is 5.64. The maximum absolute atomic E-state index is 13.7. The van der Waals surface area contributed by atoms with E-state index in [1.54, 1.807) is 6.92 Å². The number of amides is 1. The predicted molar refractivity (Wildman–Crippen MR) is 85.3 cm³/mol. The van der Waals surface area contributed by atoms with Gasteiger partial charge in [-0.3, -0.25) is 14.6 Å². The van der Waals surface area contributed by atoms with Crippen LogP contribution in [0.15, 0.2) is 27.8 Å². The zero-order valence-electron chi connectivity index (χ0n) is 12.5. The number of nitrogens with zero attached hydrogens (tertiary/aromatic N) is 1. The van der Waals surface area contributed by atoms with Gasteiger partial charge in [-0.05, 0) is 19.1 Å². The molecule has 0 spiro atoms. The first-order chi connectivity index (χ1) is 11.3. The lowest BCUT2D eigenvalue weighted by Crippen LogP contribution is -2.41. The van der Waals surface area contributed by atoms with Crippen LogP contribution in [0, 0.1) is 5.82 Å². The van der Waals surface area contributed by atoms with E-state index in [0.717, 1.165) is 6.07 Å². The van der Waals surface area contributed by atoms with Gasteiger partial charge in [0.1, 0.15) is 17.2 Å². The molecule has 0 radical (unpaired) electrons. The Morgan fingerprint density at radius 1 is 1.42 bits per heavy atom. The molecule has 0 atom stereocenters. The Bertz CT molecular complexity index is 893. The number of halogens is 2. The van der Waals surface area contributed by atoms with Crippen molar-refractivity contribution in [2.75, 3.05) is 11.9 Å². The molecule has 24 heavy (non-hydrogen) atoms. The van der Waals surface area contributed by atoms with Gasteiger partial charge >= 0.3 is 11.2 Å². The van der Waals surface area contributed by atoms with Gasteiger partial charge in [-0.25, -0.2) is 9.18 Å². The van der Waals surface area contributed by atoms with Gasteiger partial charge in [0.25, 0.3) is 5.91 Å². The normalized spacial score (nSPS) is 10.5. The van der Waals surface area contributed by atoms with E-state index in [2.05, 4.69) is 15.6 Å². The lowest BCUT2D eigenvalue weighted by Gasteiger charge is -2.11. The highest BCUT2D eigenvalue weighted by molar-refractivity contribution is 6.30. The number of aromatic nitrogens is 2. The average molecular weight is 357 g/mol. The number of hydrogen-bond donors (Lipinski definition) is 4. The monoisotopic (exact) mass is 356 g/mol. The van der Waals surface area contributed by atoms with Gasteiger partial charge < -0.3 is 15.8 Å². The molecule has 1 aromatic heterocycles. The Balaban J connectivity index is 2.31. The highest BCUT2D eigenvalue weighted by Crippen LogP contribution is 2.14. The second-order valence-electron chi connectivity index (χ2n) is 4.75. The van der Waals surface area contributed by atoms with E-state index in [4.69, 9.17) is 11.6 Å². The van der Waals surface area contributed by atoms with E-state index >= 15 is 0 Å². The predicted octanol–water partition coefficient (Wildman–Crippen LogP) is 0.928. The van der Waals surface area contributed by atoms with Crippen molar-refractivity contribution in [3.63, 3.8) is 0 Å². The Labute approximate surface area is 139 Å². The highest BCUT2D eigenvalue weighted by Gasteiger charge is 2.20. The van der Waals surface area contributed by atoms with E-state index < -0.39 is 28.5 Å². The number of hydrogen-bond acceptors (Lipinski definition) is 5. The Kier molecular flexibility index (Phi) is 5.24. The molecular weight excluding hydrogens is 343 g/mol. The number of benzene rings is 1. The summed E-state index contributed by atoms with van der Waals surface area (Å²) in [5, 5.41) is 14.6. The highest BCUT2D eigenvalue weighted by atomic mass is 35.5. The summed E-state index contributed by atoms with van der Waals surface area (Å²) in [6, 6.07) is 3.94.